The summed E-state index contributed by atoms with van der Waals surface area (Å²) >= 11 is 1.78. The summed E-state index contributed by atoms with van der Waals surface area (Å²) in [7, 11) is 0. The van der Waals surface area contributed by atoms with Crippen LogP contribution in [0.15, 0.2) is 0 Å². The number of rotatable bonds is 2. The first-order chi connectivity index (χ1) is 7.74. The molecule has 0 N–H and O–H groups in total. The number of thiophene rings is 1. The summed E-state index contributed by atoms with van der Waals surface area (Å²) in [5.74, 6) is -0.126. The van der Waals surface area contributed by atoms with E-state index in [-0.39, 0.29) is 5.97 Å². The van der Waals surface area contributed by atoms with Crippen molar-refractivity contribution in [3.05, 3.63) is 20.9 Å². The lowest BCUT2D eigenvalue weighted by Gasteiger charge is -2.05. The molecule has 2 rings (SSSR count). The molecule has 1 heterocycles. The zero-order chi connectivity index (χ0) is 11.5. The Kier molecular flexibility index (Phi) is 3.64. The van der Waals surface area contributed by atoms with Crippen molar-refractivity contribution in [3.8, 4) is 0 Å². The summed E-state index contributed by atoms with van der Waals surface area (Å²) in [6.07, 6.45) is 5.93. The van der Waals surface area contributed by atoms with Gasteiger partial charge in [0, 0.05) is 9.75 Å². The van der Waals surface area contributed by atoms with Gasteiger partial charge in [-0.3, -0.25) is 0 Å². The third-order valence-electron chi connectivity index (χ3n) is 3.08. The van der Waals surface area contributed by atoms with Crippen LogP contribution in [0.4, 0.5) is 0 Å². The molecule has 1 aliphatic rings. The number of aryl methyl sites for hydroxylation is 2. The molecule has 1 aromatic heterocycles. The van der Waals surface area contributed by atoms with E-state index < -0.39 is 0 Å². The standard InChI is InChI=1S/C13H18O2S/c1-3-15-13(14)12-9(2)16-11-8-6-4-5-7-10(11)12/h3-8H2,1-2H3. The third-order valence-corrected chi connectivity index (χ3v) is 4.28. The fourth-order valence-electron chi connectivity index (χ4n) is 2.35. The fourth-order valence-corrected chi connectivity index (χ4v) is 3.60. The van der Waals surface area contributed by atoms with Crippen molar-refractivity contribution < 1.29 is 9.53 Å². The average molecular weight is 238 g/mol. The number of hydrogen-bond donors (Lipinski definition) is 0. The first kappa shape index (κ1) is 11.6. The highest BCUT2D eigenvalue weighted by Crippen LogP contribution is 2.33. The summed E-state index contributed by atoms with van der Waals surface area (Å²) in [4.78, 5) is 14.4. The predicted molar refractivity (Wildman–Crippen MR) is 66.3 cm³/mol. The molecule has 88 valence electrons. The summed E-state index contributed by atoms with van der Waals surface area (Å²) in [6.45, 7) is 4.35. The molecule has 1 aromatic rings. The smallest absolute Gasteiger partial charge is 0.339 e. The minimum Gasteiger partial charge on any atom is -0.462 e. The van der Waals surface area contributed by atoms with Crippen LogP contribution in [0.2, 0.25) is 0 Å². The van der Waals surface area contributed by atoms with Gasteiger partial charge < -0.3 is 4.74 Å². The maximum atomic E-state index is 11.9. The van der Waals surface area contributed by atoms with Crippen molar-refractivity contribution in [2.75, 3.05) is 6.61 Å². The first-order valence-corrected chi connectivity index (χ1v) is 6.84. The van der Waals surface area contributed by atoms with Gasteiger partial charge >= 0.3 is 5.97 Å². The van der Waals surface area contributed by atoms with E-state index in [4.69, 9.17) is 4.74 Å². The molecular weight excluding hydrogens is 220 g/mol. The van der Waals surface area contributed by atoms with E-state index in [1.807, 2.05) is 13.8 Å². The minimum absolute atomic E-state index is 0.126. The van der Waals surface area contributed by atoms with Crippen molar-refractivity contribution in [1.29, 1.82) is 0 Å². The molecule has 0 fully saturated rings. The third kappa shape index (κ3) is 2.14. The molecule has 0 amide bonds. The van der Waals surface area contributed by atoms with Gasteiger partial charge in [-0.25, -0.2) is 4.79 Å². The molecule has 0 radical (unpaired) electrons. The molecule has 0 bridgehead atoms. The number of carbonyl (C=O) groups excluding carboxylic acids is 1. The van der Waals surface area contributed by atoms with E-state index in [0.717, 1.165) is 23.3 Å². The topological polar surface area (TPSA) is 26.3 Å². The Morgan fingerprint density at radius 2 is 2.06 bits per heavy atom. The zero-order valence-corrected chi connectivity index (χ0v) is 10.8. The largest absolute Gasteiger partial charge is 0.462 e. The van der Waals surface area contributed by atoms with Crippen LogP contribution in [-0.2, 0) is 17.6 Å². The highest BCUT2D eigenvalue weighted by molar-refractivity contribution is 7.12. The molecular formula is C13H18O2S. The van der Waals surface area contributed by atoms with E-state index >= 15 is 0 Å². The Bertz CT molecular complexity index is 393. The minimum atomic E-state index is -0.126. The molecule has 3 heteroatoms. The molecule has 0 atom stereocenters. The second-order valence-electron chi connectivity index (χ2n) is 4.22. The molecule has 0 aromatic carbocycles. The van der Waals surface area contributed by atoms with Crippen LogP contribution in [0.1, 0.15) is 51.9 Å². The van der Waals surface area contributed by atoms with Gasteiger partial charge in [-0.2, -0.15) is 0 Å². The zero-order valence-electron chi connectivity index (χ0n) is 9.97. The number of ether oxygens (including phenoxy) is 1. The number of hydrogen-bond acceptors (Lipinski definition) is 3. The van der Waals surface area contributed by atoms with Crippen LogP contribution >= 0.6 is 11.3 Å². The maximum Gasteiger partial charge on any atom is 0.339 e. The molecule has 0 unspecified atom stereocenters. The van der Waals surface area contributed by atoms with Gasteiger partial charge in [-0.05, 0) is 45.1 Å². The van der Waals surface area contributed by atoms with Gasteiger partial charge in [0.25, 0.3) is 0 Å². The fraction of sp³-hybridized carbons (Fsp3) is 0.615. The molecule has 0 spiro atoms. The van der Waals surface area contributed by atoms with Gasteiger partial charge in [0.1, 0.15) is 0 Å². The quantitative estimate of drug-likeness (QED) is 0.582. The lowest BCUT2D eigenvalue weighted by atomic mass is 10.0. The van der Waals surface area contributed by atoms with Gasteiger partial charge in [0.15, 0.2) is 0 Å². The van der Waals surface area contributed by atoms with Gasteiger partial charge in [0.05, 0.1) is 12.2 Å². The molecule has 2 nitrogen and oxygen atoms in total. The van der Waals surface area contributed by atoms with Crippen molar-refractivity contribution in [1.82, 2.24) is 0 Å². The van der Waals surface area contributed by atoms with Crippen LogP contribution in [0.5, 0.6) is 0 Å². The van der Waals surface area contributed by atoms with Crippen molar-refractivity contribution in [2.45, 2.75) is 46.0 Å². The Labute approximate surface area is 101 Å². The monoisotopic (exact) mass is 238 g/mol. The van der Waals surface area contributed by atoms with Crippen LogP contribution in [0.3, 0.4) is 0 Å². The van der Waals surface area contributed by atoms with E-state index in [1.54, 1.807) is 11.3 Å². The molecule has 0 saturated heterocycles. The van der Waals surface area contributed by atoms with Crippen LogP contribution in [0.25, 0.3) is 0 Å². The lowest BCUT2D eigenvalue weighted by molar-refractivity contribution is 0.0525. The number of fused-ring (bicyclic) bond motifs is 1. The molecule has 0 saturated carbocycles. The summed E-state index contributed by atoms with van der Waals surface area (Å²) in [5, 5.41) is 0. The van der Waals surface area contributed by atoms with Crippen LogP contribution in [-0.4, -0.2) is 12.6 Å². The van der Waals surface area contributed by atoms with Gasteiger partial charge in [-0.15, -0.1) is 11.3 Å². The molecule has 1 aliphatic carbocycles. The van der Waals surface area contributed by atoms with Crippen LogP contribution in [0, 0.1) is 6.92 Å². The Morgan fingerprint density at radius 3 is 2.81 bits per heavy atom. The Balaban J connectivity index is 2.36. The average Bonchev–Trinajstić information content (AvgIpc) is 2.43. The van der Waals surface area contributed by atoms with Gasteiger partial charge in [0.2, 0.25) is 0 Å². The van der Waals surface area contributed by atoms with E-state index in [1.165, 1.54) is 29.7 Å². The SMILES string of the molecule is CCOC(=O)c1c(C)sc2c1CCCCC2. The normalized spacial score (nSPS) is 15.4. The second-order valence-corrected chi connectivity index (χ2v) is 5.53. The van der Waals surface area contributed by atoms with E-state index in [9.17, 15) is 4.79 Å². The van der Waals surface area contributed by atoms with Crippen molar-refractivity contribution >= 4 is 17.3 Å². The van der Waals surface area contributed by atoms with Crippen LogP contribution < -0.4 is 0 Å². The predicted octanol–water partition coefficient (Wildman–Crippen LogP) is 3.50. The first-order valence-electron chi connectivity index (χ1n) is 6.02. The maximum absolute atomic E-state index is 11.9. The second kappa shape index (κ2) is 5.00. The summed E-state index contributed by atoms with van der Waals surface area (Å²) in [5.41, 5.74) is 2.14. The molecule has 0 aliphatic heterocycles. The molecule has 16 heavy (non-hydrogen) atoms. The van der Waals surface area contributed by atoms with Crippen molar-refractivity contribution in [3.63, 3.8) is 0 Å². The Morgan fingerprint density at radius 1 is 1.31 bits per heavy atom. The Hall–Kier alpha value is -0.830. The van der Waals surface area contributed by atoms with E-state index in [0.29, 0.717) is 6.61 Å². The highest BCUT2D eigenvalue weighted by Gasteiger charge is 2.23. The lowest BCUT2D eigenvalue weighted by Crippen LogP contribution is -2.08. The number of esters is 1. The highest BCUT2D eigenvalue weighted by atomic mass is 32.1. The summed E-state index contributed by atoms with van der Waals surface area (Å²) in [6, 6.07) is 0. The van der Waals surface area contributed by atoms with Crippen molar-refractivity contribution in [2.24, 2.45) is 0 Å². The van der Waals surface area contributed by atoms with E-state index in [2.05, 4.69) is 0 Å². The number of carbonyl (C=O) groups is 1. The van der Waals surface area contributed by atoms with Gasteiger partial charge in [-0.1, -0.05) is 6.42 Å². The summed E-state index contributed by atoms with van der Waals surface area (Å²) < 4.78 is 5.14.